The van der Waals surface area contributed by atoms with Crippen molar-refractivity contribution < 1.29 is 13.9 Å². The zero-order chi connectivity index (χ0) is 18.0. The fraction of sp³-hybridized carbons (Fsp3) is 0.238. The molecule has 0 aliphatic carbocycles. The first-order valence-electron chi connectivity index (χ1n) is 8.28. The van der Waals surface area contributed by atoms with Crippen LogP contribution < -0.4 is 10.4 Å². The van der Waals surface area contributed by atoms with E-state index in [0.717, 1.165) is 28.5 Å². The summed E-state index contributed by atoms with van der Waals surface area (Å²) in [4.78, 5) is 23.9. The van der Waals surface area contributed by atoms with E-state index in [1.807, 2.05) is 39.0 Å². The van der Waals surface area contributed by atoms with Gasteiger partial charge < -0.3 is 9.15 Å². The number of rotatable bonds is 5. The SMILES string of the molecule is CCc1cc2c(C)cc(=O)oc2cc1OCC(=O)c1ccc(C)cc1. The highest BCUT2D eigenvalue weighted by atomic mass is 16.5. The molecule has 3 rings (SSSR count). The number of hydrogen-bond donors (Lipinski definition) is 0. The molecule has 0 aliphatic rings. The Labute approximate surface area is 146 Å². The fourth-order valence-electron chi connectivity index (χ4n) is 2.77. The summed E-state index contributed by atoms with van der Waals surface area (Å²) in [6.45, 7) is 5.81. The summed E-state index contributed by atoms with van der Waals surface area (Å²) in [7, 11) is 0. The molecule has 0 radical (unpaired) electrons. The molecule has 0 atom stereocenters. The van der Waals surface area contributed by atoms with Crippen LogP contribution >= 0.6 is 0 Å². The molecule has 0 saturated heterocycles. The number of benzene rings is 2. The smallest absolute Gasteiger partial charge is 0.336 e. The minimum atomic E-state index is -0.393. The number of Topliss-reactive ketones (excluding diaryl/α,β-unsaturated/α-hetero) is 1. The van der Waals surface area contributed by atoms with Gasteiger partial charge in [-0.15, -0.1) is 0 Å². The molecule has 25 heavy (non-hydrogen) atoms. The van der Waals surface area contributed by atoms with E-state index in [9.17, 15) is 9.59 Å². The molecule has 0 bridgehead atoms. The average Bonchev–Trinajstić information content (AvgIpc) is 2.59. The Kier molecular flexibility index (Phi) is 4.70. The van der Waals surface area contributed by atoms with Crippen molar-refractivity contribution in [3.05, 3.63) is 75.1 Å². The van der Waals surface area contributed by atoms with Crippen molar-refractivity contribution >= 4 is 16.8 Å². The van der Waals surface area contributed by atoms with E-state index in [2.05, 4.69) is 0 Å². The highest BCUT2D eigenvalue weighted by Crippen LogP contribution is 2.28. The monoisotopic (exact) mass is 336 g/mol. The zero-order valence-electron chi connectivity index (χ0n) is 14.6. The van der Waals surface area contributed by atoms with Crippen LogP contribution in [-0.4, -0.2) is 12.4 Å². The van der Waals surface area contributed by atoms with Gasteiger partial charge in [0.15, 0.2) is 12.4 Å². The summed E-state index contributed by atoms with van der Waals surface area (Å²) >= 11 is 0. The van der Waals surface area contributed by atoms with Gasteiger partial charge in [-0.2, -0.15) is 0 Å². The second kappa shape index (κ2) is 6.93. The molecule has 0 spiro atoms. The lowest BCUT2D eigenvalue weighted by Gasteiger charge is -2.12. The van der Waals surface area contributed by atoms with Crippen LogP contribution in [0, 0.1) is 13.8 Å². The molecule has 3 aromatic rings. The molecule has 4 heteroatoms. The van der Waals surface area contributed by atoms with Gasteiger partial charge in [-0.25, -0.2) is 4.79 Å². The van der Waals surface area contributed by atoms with Crippen molar-refractivity contribution in [3.63, 3.8) is 0 Å². The van der Waals surface area contributed by atoms with Crippen molar-refractivity contribution in [2.24, 2.45) is 0 Å². The first-order valence-corrected chi connectivity index (χ1v) is 8.28. The van der Waals surface area contributed by atoms with Crippen LogP contribution in [0.2, 0.25) is 0 Å². The van der Waals surface area contributed by atoms with E-state index in [1.54, 1.807) is 18.2 Å². The second-order valence-electron chi connectivity index (χ2n) is 6.14. The standard InChI is InChI=1S/C21H20O4/c1-4-15-10-17-14(3)9-21(23)25-20(17)11-19(15)24-12-18(22)16-7-5-13(2)6-8-16/h5-11H,4,12H2,1-3H3. The van der Waals surface area contributed by atoms with Gasteiger partial charge in [0, 0.05) is 23.1 Å². The van der Waals surface area contributed by atoms with Crippen LogP contribution in [0.25, 0.3) is 11.0 Å². The van der Waals surface area contributed by atoms with Crippen LogP contribution in [0.1, 0.15) is 34.0 Å². The summed E-state index contributed by atoms with van der Waals surface area (Å²) in [5, 5.41) is 0.883. The number of hydrogen-bond acceptors (Lipinski definition) is 4. The highest BCUT2D eigenvalue weighted by molar-refractivity contribution is 5.97. The number of carbonyl (C=O) groups is 1. The van der Waals surface area contributed by atoms with E-state index < -0.39 is 5.63 Å². The molecule has 0 fully saturated rings. The van der Waals surface area contributed by atoms with Crippen molar-refractivity contribution in [2.45, 2.75) is 27.2 Å². The van der Waals surface area contributed by atoms with E-state index >= 15 is 0 Å². The molecule has 0 aliphatic heterocycles. The van der Waals surface area contributed by atoms with Crippen LogP contribution in [-0.2, 0) is 6.42 Å². The molecule has 128 valence electrons. The summed E-state index contributed by atoms with van der Waals surface area (Å²) in [6.07, 6.45) is 0.753. The Bertz CT molecular complexity index is 981. The lowest BCUT2D eigenvalue weighted by molar-refractivity contribution is 0.0921. The molecule has 1 heterocycles. The quantitative estimate of drug-likeness (QED) is 0.517. The predicted molar refractivity (Wildman–Crippen MR) is 97.6 cm³/mol. The fourth-order valence-corrected chi connectivity index (χ4v) is 2.77. The van der Waals surface area contributed by atoms with Gasteiger partial charge in [-0.05, 0) is 37.5 Å². The summed E-state index contributed by atoms with van der Waals surface area (Å²) in [5.41, 5.74) is 3.64. The van der Waals surface area contributed by atoms with Crippen LogP contribution in [0.4, 0.5) is 0 Å². The molecule has 4 nitrogen and oxygen atoms in total. The van der Waals surface area contributed by atoms with E-state index in [4.69, 9.17) is 9.15 Å². The van der Waals surface area contributed by atoms with Gasteiger partial charge in [0.1, 0.15) is 11.3 Å². The third-order valence-electron chi connectivity index (χ3n) is 4.25. The maximum Gasteiger partial charge on any atom is 0.336 e. The molecular formula is C21H20O4. The Morgan fingerprint density at radius 2 is 1.80 bits per heavy atom. The third kappa shape index (κ3) is 3.63. The lowest BCUT2D eigenvalue weighted by atomic mass is 10.1. The zero-order valence-corrected chi connectivity index (χ0v) is 14.6. The van der Waals surface area contributed by atoms with Gasteiger partial charge in [0.05, 0.1) is 0 Å². The second-order valence-corrected chi connectivity index (χ2v) is 6.14. The highest BCUT2D eigenvalue weighted by Gasteiger charge is 2.12. The minimum Gasteiger partial charge on any atom is -0.485 e. The molecule has 0 unspecified atom stereocenters. The molecular weight excluding hydrogens is 316 g/mol. The maximum absolute atomic E-state index is 12.3. The molecule has 0 amide bonds. The predicted octanol–water partition coefficient (Wildman–Crippen LogP) is 4.23. The Morgan fingerprint density at radius 3 is 2.48 bits per heavy atom. The lowest BCUT2D eigenvalue weighted by Crippen LogP contribution is -2.12. The Hall–Kier alpha value is -2.88. The van der Waals surface area contributed by atoms with Gasteiger partial charge in [-0.1, -0.05) is 36.8 Å². The first kappa shape index (κ1) is 17.0. The molecule has 1 aromatic heterocycles. The van der Waals surface area contributed by atoms with Crippen molar-refractivity contribution in [1.29, 1.82) is 0 Å². The van der Waals surface area contributed by atoms with Crippen LogP contribution in [0.3, 0.4) is 0 Å². The number of carbonyl (C=O) groups excluding carboxylic acids is 1. The number of ketones is 1. The summed E-state index contributed by atoms with van der Waals surface area (Å²) in [5.74, 6) is 0.483. The normalized spacial score (nSPS) is 10.8. The van der Waals surface area contributed by atoms with Gasteiger partial charge in [-0.3, -0.25) is 4.79 Å². The topological polar surface area (TPSA) is 56.5 Å². The summed E-state index contributed by atoms with van der Waals surface area (Å²) in [6, 6.07) is 12.5. The van der Waals surface area contributed by atoms with Crippen molar-refractivity contribution in [3.8, 4) is 5.75 Å². The van der Waals surface area contributed by atoms with Gasteiger partial charge in [0.25, 0.3) is 0 Å². The van der Waals surface area contributed by atoms with Gasteiger partial charge in [0.2, 0.25) is 0 Å². The Morgan fingerprint density at radius 1 is 1.08 bits per heavy atom. The van der Waals surface area contributed by atoms with Crippen LogP contribution in [0.15, 0.2) is 51.7 Å². The van der Waals surface area contributed by atoms with Crippen molar-refractivity contribution in [2.75, 3.05) is 6.61 Å². The third-order valence-corrected chi connectivity index (χ3v) is 4.25. The molecule has 0 N–H and O–H groups in total. The average molecular weight is 336 g/mol. The maximum atomic E-state index is 12.3. The number of ether oxygens (including phenoxy) is 1. The van der Waals surface area contributed by atoms with Crippen molar-refractivity contribution in [1.82, 2.24) is 0 Å². The van der Waals surface area contributed by atoms with Crippen LogP contribution in [0.5, 0.6) is 5.75 Å². The number of fused-ring (bicyclic) bond motifs is 1. The first-order chi connectivity index (χ1) is 12.0. The van der Waals surface area contributed by atoms with E-state index in [-0.39, 0.29) is 12.4 Å². The molecule has 2 aromatic carbocycles. The molecule has 0 saturated carbocycles. The Balaban J connectivity index is 1.88. The summed E-state index contributed by atoms with van der Waals surface area (Å²) < 4.78 is 11.0. The largest absolute Gasteiger partial charge is 0.485 e. The van der Waals surface area contributed by atoms with Gasteiger partial charge >= 0.3 is 5.63 Å². The minimum absolute atomic E-state index is 0.0579. The van der Waals surface area contributed by atoms with E-state index in [0.29, 0.717) is 16.9 Å². The number of aryl methyl sites for hydroxylation is 3. The van der Waals surface area contributed by atoms with E-state index in [1.165, 1.54) is 6.07 Å².